The number of carbonyl (C=O) groups excluding carboxylic acids is 2. The van der Waals surface area contributed by atoms with Crippen molar-refractivity contribution in [1.29, 1.82) is 0 Å². The average Bonchev–Trinajstić information content (AvgIpc) is 2.68. The molecule has 1 aliphatic heterocycles. The maximum Gasteiger partial charge on any atom is 0.299 e. The number of carbonyl (C=O) groups is 2. The van der Waals surface area contributed by atoms with Crippen LogP contribution in [0.4, 0.5) is 4.79 Å². The number of amides is 2. The molecule has 2 N–H and O–H groups in total. The maximum atomic E-state index is 13.1. The zero-order chi connectivity index (χ0) is 17.4. The molecule has 0 aromatic heterocycles. The first-order chi connectivity index (χ1) is 10.8. The quantitative estimate of drug-likeness (QED) is 0.658. The minimum absolute atomic E-state index is 0.193. The van der Waals surface area contributed by atoms with Crippen molar-refractivity contribution in [2.24, 2.45) is 5.73 Å². The number of rotatable bonds is 4. The molecule has 124 valence electrons. The Morgan fingerprint density at radius 2 is 2.09 bits per heavy atom. The summed E-state index contributed by atoms with van der Waals surface area (Å²) in [6, 6.07) is 7.39. The summed E-state index contributed by atoms with van der Waals surface area (Å²) < 4.78 is 0. The van der Waals surface area contributed by atoms with Crippen molar-refractivity contribution >= 4 is 23.8 Å². The van der Waals surface area contributed by atoms with Gasteiger partial charge in [0.15, 0.2) is 0 Å². The molecule has 1 aromatic rings. The number of hydrazine groups is 1. The lowest BCUT2D eigenvalue weighted by molar-refractivity contribution is -0.139. The lowest BCUT2D eigenvalue weighted by Crippen LogP contribution is -2.59. The van der Waals surface area contributed by atoms with E-state index in [-0.39, 0.29) is 18.4 Å². The van der Waals surface area contributed by atoms with E-state index in [2.05, 4.69) is 19.2 Å². The average molecular weight is 333 g/mol. The number of aryl methyl sites for hydroxylation is 1. The molecule has 2 atom stereocenters. The standard InChI is InChI=1S/C17H23N3O2S/c1-5-10-17(18)14(13-9-7-6-8-12(13)4)15(21)19(11(2)3)20(17)16(22)23/h5-9,11,14H,1,10,18H2,2-4H3,(H,22,23). The van der Waals surface area contributed by atoms with Crippen LogP contribution in [0.2, 0.25) is 0 Å². The summed E-state index contributed by atoms with van der Waals surface area (Å²) in [5.41, 5.74) is 7.17. The van der Waals surface area contributed by atoms with Crippen LogP contribution >= 0.6 is 12.6 Å². The summed E-state index contributed by atoms with van der Waals surface area (Å²) in [4.78, 5) is 25.2. The predicted octanol–water partition coefficient (Wildman–Crippen LogP) is 2.83. The van der Waals surface area contributed by atoms with Gasteiger partial charge in [-0.1, -0.05) is 43.0 Å². The smallest absolute Gasteiger partial charge is 0.299 e. The summed E-state index contributed by atoms with van der Waals surface area (Å²) in [6.45, 7) is 9.36. The first kappa shape index (κ1) is 17.6. The first-order valence-electron chi connectivity index (χ1n) is 7.57. The molecular formula is C17H23N3O2S. The third kappa shape index (κ3) is 2.77. The van der Waals surface area contributed by atoms with E-state index in [0.717, 1.165) is 11.1 Å². The van der Waals surface area contributed by atoms with E-state index < -0.39 is 16.8 Å². The number of benzene rings is 1. The van der Waals surface area contributed by atoms with Crippen LogP contribution in [-0.4, -0.2) is 32.9 Å². The Bertz CT molecular complexity index is 646. The molecular weight excluding hydrogens is 310 g/mol. The van der Waals surface area contributed by atoms with Crippen molar-refractivity contribution < 1.29 is 9.59 Å². The number of hydrogen-bond acceptors (Lipinski definition) is 3. The number of nitrogens with two attached hydrogens (primary N) is 1. The van der Waals surface area contributed by atoms with Crippen LogP contribution in [0.25, 0.3) is 0 Å². The van der Waals surface area contributed by atoms with Crippen molar-refractivity contribution in [1.82, 2.24) is 10.0 Å². The third-order valence-electron chi connectivity index (χ3n) is 4.22. The Balaban J connectivity index is 2.68. The fraction of sp³-hybridized carbons (Fsp3) is 0.412. The molecule has 23 heavy (non-hydrogen) atoms. The zero-order valence-corrected chi connectivity index (χ0v) is 14.6. The molecule has 1 aromatic carbocycles. The molecule has 0 radical (unpaired) electrons. The van der Waals surface area contributed by atoms with E-state index >= 15 is 0 Å². The Labute approximate surface area is 142 Å². The third-order valence-corrected chi connectivity index (χ3v) is 4.41. The van der Waals surface area contributed by atoms with Crippen LogP contribution in [0.3, 0.4) is 0 Å². The Hall–Kier alpha value is -1.79. The van der Waals surface area contributed by atoms with Gasteiger partial charge in [-0.05, 0) is 31.9 Å². The van der Waals surface area contributed by atoms with Crippen molar-refractivity contribution in [3.8, 4) is 0 Å². The van der Waals surface area contributed by atoms with Gasteiger partial charge in [-0.3, -0.25) is 9.59 Å². The lowest BCUT2D eigenvalue weighted by atomic mass is 9.82. The van der Waals surface area contributed by atoms with E-state index in [4.69, 9.17) is 5.73 Å². The van der Waals surface area contributed by atoms with Crippen molar-refractivity contribution in [2.45, 2.75) is 44.8 Å². The Morgan fingerprint density at radius 3 is 2.57 bits per heavy atom. The van der Waals surface area contributed by atoms with Gasteiger partial charge >= 0.3 is 0 Å². The van der Waals surface area contributed by atoms with Gasteiger partial charge in [0.05, 0.1) is 0 Å². The van der Waals surface area contributed by atoms with E-state index in [1.807, 2.05) is 45.0 Å². The van der Waals surface area contributed by atoms with Gasteiger partial charge in [0, 0.05) is 12.5 Å². The minimum atomic E-state index is -1.21. The molecule has 1 saturated heterocycles. The van der Waals surface area contributed by atoms with E-state index in [1.165, 1.54) is 10.0 Å². The van der Waals surface area contributed by atoms with Gasteiger partial charge in [0.25, 0.3) is 11.1 Å². The summed E-state index contributed by atoms with van der Waals surface area (Å²) >= 11 is 3.95. The summed E-state index contributed by atoms with van der Waals surface area (Å²) in [5.74, 6) is -0.846. The Kier molecular flexibility index (Phi) is 4.87. The predicted molar refractivity (Wildman–Crippen MR) is 93.9 cm³/mol. The van der Waals surface area contributed by atoms with Crippen LogP contribution in [0.15, 0.2) is 36.9 Å². The van der Waals surface area contributed by atoms with Gasteiger partial charge in [0.1, 0.15) is 11.6 Å². The highest BCUT2D eigenvalue weighted by Crippen LogP contribution is 2.43. The minimum Gasteiger partial charge on any atom is -0.306 e. The second-order valence-corrected chi connectivity index (χ2v) is 6.53. The monoisotopic (exact) mass is 333 g/mol. The highest BCUT2D eigenvalue weighted by atomic mass is 32.1. The molecule has 6 heteroatoms. The van der Waals surface area contributed by atoms with E-state index in [9.17, 15) is 9.59 Å². The zero-order valence-electron chi connectivity index (χ0n) is 13.7. The molecule has 2 unspecified atom stereocenters. The van der Waals surface area contributed by atoms with Crippen LogP contribution in [0, 0.1) is 6.92 Å². The van der Waals surface area contributed by atoms with Crippen LogP contribution in [0.1, 0.15) is 37.3 Å². The molecule has 2 amide bonds. The highest BCUT2D eigenvalue weighted by molar-refractivity contribution is 7.96. The molecule has 0 saturated carbocycles. The normalized spacial score (nSPS) is 24.4. The van der Waals surface area contributed by atoms with Gasteiger partial charge in [-0.2, -0.15) is 0 Å². The number of thiol groups is 1. The molecule has 0 spiro atoms. The summed E-state index contributed by atoms with van der Waals surface area (Å²) in [5, 5.41) is 2.14. The summed E-state index contributed by atoms with van der Waals surface area (Å²) in [7, 11) is 0. The Morgan fingerprint density at radius 1 is 1.48 bits per heavy atom. The van der Waals surface area contributed by atoms with E-state index in [1.54, 1.807) is 6.08 Å². The second kappa shape index (κ2) is 6.37. The second-order valence-electron chi connectivity index (χ2n) is 6.14. The summed E-state index contributed by atoms with van der Waals surface area (Å²) in [6.07, 6.45) is 1.92. The molecule has 5 nitrogen and oxygen atoms in total. The van der Waals surface area contributed by atoms with Gasteiger partial charge in [-0.25, -0.2) is 10.0 Å². The lowest BCUT2D eigenvalue weighted by Gasteiger charge is -2.39. The van der Waals surface area contributed by atoms with Gasteiger partial charge in [-0.15, -0.1) is 6.58 Å². The fourth-order valence-electron chi connectivity index (χ4n) is 3.27. The van der Waals surface area contributed by atoms with Gasteiger partial charge < -0.3 is 5.73 Å². The maximum absolute atomic E-state index is 13.1. The number of nitrogens with zero attached hydrogens (tertiary/aromatic N) is 2. The topological polar surface area (TPSA) is 66.6 Å². The highest BCUT2D eigenvalue weighted by Gasteiger charge is 2.58. The van der Waals surface area contributed by atoms with Crippen molar-refractivity contribution in [3.05, 3.63) is 48.0 Å². The molecule has 1 aliphatic rings. The molecule has 1 fully saturated rings. The van der Waals surface area contributed by atoms with Crippen molar-refractivity contribution in [2.75, 3.05) is 0 Å². The molecule has 0 bridgehead atoms. The number of hydrogen-bond donors (Lipinski definition) is 2. The van der Waals surface area contributed by atoms with Crippen LogP contribution in [-0.2, 0) is 4.79 Å². The molecule has 2 rings (SSSR count). The van der Waals surface area contributed by atoms with Crippen LogP contribution < -0.4 is 5.73 Å². The fourth-order valence-corrected chi connectivity index (χ4v) is 3.55. The molecule has 1 heterocycles. The van der Waals surface area contributed by atoms with Crippen molar-refractivity contribution in [3.63, 3.8) is 0 Å². The SMILES string of the molecule is C=CCC1(N)C(c2ccccc2C)C(=O)N(C(C)C)N1C(=O)S. The molecule has 0 aliphatic carbocycles. The van der Waals surface area contributed by atoms with E-state index in [0.29, 0.717) is 0 Å². The van der Waals surface area contributed by atoms with Crippen LogP contribution in [0.5, 0.6) is 0 Å². The largest absolute Gasteiger partial charge is 0.306 e. The van der Waals surface area contributed by atoms with Gasteiger partial charge in [0.2, 0.25) is 0 Å². The first-order valence-corrected chi connectivity index (χ1v) is 8.01.